The van der Waals surface area contributed by atoms with Gasteiger partial charge in [-0.3, -0.25) is 10.2 Å². The molecule has 0 fully saturated rings. The average Bonchev–Trinajstić information content (AvgIpc) is 2.24. The van der Waals surface area contributed by atoms with Crippen LogP contribution in [0.15, 0.2) is 6.07 Å². The summed E-state index contributed by atoms with van der Waals surface area (Å²) < 4.78 is 38.0. The van der Waals surface area contributed by atoms with E-state index < -0.39 is 29.3 Å². The highest BCUT2D eigenvalue weighted by atomic mass is 19.4. The molecule has 0 aliphatic carbocycles. The van der Waals surface area contributed by atoms with Crippen LogP contribution in [-0.4, -0.2) is 21.4 Å². The molecule has 1 aromatic rings. The van der Waals surface area contributed by atoms with Crippen LogP contribution < -0.4 is 22.3 Å². The summed E-state index contributed by atoms with van der Waals surface area (Å²) in [6, 6.07) is 0.726. The van der Waals surface area contributed by atoms with E-state index >= 15 is 0 Å². The van der Waals surface area contributed by atoms with Crippen molar-refractivity contribution < 1.29 is 18.0 Å². The van der Waals surface area contributed by atoms with Gasteiger partial charge in [0.25, 0.3) is 0 Å². The standard InChI is InChI=1S/C10H15F3N6O/c1-9(2,4-6(14)20)18-7-3-5(10(11,12)13)16-8(17-7)19-15/h3H,4,15H2,1-2H3,(H2,14,20)(H2,16,17,18,19). The van der Waals surface area contributed by atoms with Crippen LogP contribution in [0.4, 0.5) is 24.9 Å². The van der Waals surface area contributed by atoms with Crippen molar-refractivity contribution in [1.82, 2.24) is 9.97 Å². The van der Waals surface area contributed by atoms with E-state index in [2.05, 4.69) is 15.3 Å². The van der Waals surface area contributed by atoms with E-state index in [0.29, 0.717) is 0 Å². The summed E-state index contributed by atoms with van der Waals surface area (Å²) in [6.45, 7) is 3.20. The van der Waals surface area contributed by atoms with Gasteiger partial charge in [-0.25, -0.2) is 10.8 Å². The van der Waals surface area contributed by atoms with E-state index in [9.17, 15) is 18.0 Å². The third kappa shape index (κ3) is 4.53. The minimum atomic E-state index is -4.64. The lowest BCUT2D eigenvalue weighted by Gasteiger charge is -2.25. The van der Waals surface area contributed by atoms with Gasteiger partial charge in [-0.15, -0.1) is 0 Å². The molecule has 20 heavy (non-hydrogen) atoms. The molecule has 0 radical (unpaired) electrons. The first-order valence-corrected chi connectivity index (χ1v) is 5.53. The molecule has 10 heteroatoms. The second kappa shape index (κ2) is 5.49. The Bertz CT molecular complexity index is 502. The van der Waals surface area contributed by atoms with Crippen LogP contribution in [-0.2, 0) is 11.0 Å². The lowest BCUT2D eigenvalue weighted by atomic mass is 10.0. The molecule has 112 valence electrons. The number of carbonyl (C=O) groups excluding carboxylic acids is 1. The Labute approximate surface area is 112 Å². The van der Waals surface area contributed by atoms with Crippen LogP contribution in [0.1, 0.15) is 26.0 Å². The summed E-state index contributed by atoms with van der Waals surface area (Å²) in [5, 5.41) is 2.69. The van der Waals surface area contributed by atoms with Gasteiger partial charge in [0.05, 0.1) is 0 Å². The molecular formula is C10H15F3N6O. The number of primary amides is 1. The summed E-state index contributed by atoms with van der Waals surface area (Å²) in [5.74, 6) is 3.93. The smallest absolute Gasteiger partial charge is 0.370 e. The highest BCUT2D eigenvalue weighted by Crippen LogP contribution is 2.30. The summed E-state index contributed by atoms with van der Waals surface area (Å²) in [6.07, 6.45) is -4.72. The van der Waals surface area contributed by atoms with E-state index in [4.69, 9.17) is 11.6 Å². The molecule has 0 bridgehead atoms. The molecule has 0 atom stereocenters. The van der Waals surface area contributed by atoms with Crippen molar-refractivity contribution in [3.8, 4) is 0 Å². The first-order chi connectivity index (χ1) is 9.03. The first-order valence-electron chi connectivity index (χ1n) is 5.53. The summed E-state index contributed by atoms with van der Waals surface area (Å²) in [5.41, 5.74) is 5.00. The number of nitrogens with two attached hydrogens (primary N) is 2. The fourth-order valence-corrected chi connectivity index (χ4v) is 1.55. The zero-order chi connectivity index (χ0) is 15.6. The molecule has 1 heterocycles. The van der Waals surface area contributed by atoms with Crippen LogP contribution in [0.5, 0.6) is 0 Å². The van der Waals surface area contributed by atoms with E-state index in [1.807, 2.05) is 5.43 Å². The number of carbonyl (C=O) groups is 1. The van der Waals surface area contributed by atoms with Gasteiger partial charge < -0.3 is 11.1 Å². The molecule has 0 saturated carbocycles. The summed E-state index contributed by atoms with van der Waals surface area (Å²) in [7, 11) is 0. The lowest BCUT2D eigenvalue weighted by Crippen LogP contribution is -2.36. The SMILES string of the molecule is CC(C)(CC(N)=O)Nc1cc(C(F)(F)F)nc(NN)n1. The van der Waals surface area contributed by atoms with E-state index in [1.165, 1.54) is 0 Å². The number of nitrogen functional groups attached to an aromatic ring is 1. The Morgan fingerprint density at radius 1 is 1.35 bits per heavy atom. The van der Waals surface area contributed by atoms with E-state index in [-0.39, 0.29) is 12.2 Å². The molecule has 0 saturated heterocycles. The number of aromatic nitrogens is 2. The van der Waals surface area contributed by atoms with Gasteiger partial charge in [0, 0.05) is 18.0 Å². The van der Waals surface area contributed by atoms with Crippen LogP contribution in [0, 0.1) is 0 Å². The molecule has 6 N–H and O–H groups in total. The van der Waals surface area contributed by atoms with Gasteiger partial charge in [0.15, 0.2) is 5.69 Å². The average molecular weight is 292 g/mol. The van der Waals surface area contributed by atoms with Crippen molar-refractivity contribution in [2.24, 2.45) is 11.6 Å². The molecular weight excluding hydrogens is 277 g/mol. The second-order valence-electron chi connectivity index (χ2n) is 4.76. The van der Waals surface area contributed by atoms with Crippen molar-refractivity contribution in [3.05, 3.63) is 11.8 Å². The quantitative estimate of drug-likeness (QED) is 0.472. The largest absolute Gasteiger partial charge is 0.433 e. The molecule has 0 aliphatic heterocycles. The number of amides is 1. The number of alkyl halides is 3. The predicted octanol–water partition coefficient (Wildman–Crippen LogP) is 0.847. The Balaban J connectivity index is 3.09. The van der Waals surface area contributed by atoms with Crippen LogP contribution >= 0.6 is 0 Å². The third-order valence-electron chi connectivity index (χ3n) is 2.23. The number of rotatable bonds is 5. The fourth-order valence-electron chi connectivity index (χ4n) is 1.55. The Morgan fingerprint density at radius 3 is 2.40 bits per heavy atom. The minimum Gasteiger partial charge on any atom is -0.370 e. The lowest BCUT2D eigenvalue weighted by molar-refractivity contribution is -0.141. The number of hydrogen-bond acceptors (Lipinski definition) is 6. The monoisotopic (exact) mass is 292 g/mol. The van der Waals surface area contributed by atoms with Gasteiger partial charge in [0.2, 0.25) is 11.9 Å². The Morgan fingerprint density at radius 2 is 1.95 bits per heavy atom. The van der Waals surface area contributed by atoms with Crippen LogP contribution in [0.2, 0.25) is 0 Å². The summed E-state index contributed by atoms with van der Waals surface area (Å²) >= 11 is 0. The minimum absolute atomic E-state index is 0.0796. The summed E-state index contributed by atoms with van der Waals surface area (Å²) in [4.78, 5) is 17.8. The highest BCUT2D eigenvalue weighted by Gasteiger charge is 2.34. The molecule has 0 unspecified atom stereocenters. The van der Waals surface area contributed by atoms with Crippen molar-refractivity contribution in [3.63, 3.8) is 0 Å². The zero-order valence-corrected chi connectivity index (χ0v) is 10.9. The molecule has 1 amide bonds. The van der Waals surface area contributed by atoms with Crippen molar-refractivity contribution in [1.29, 1.82) is 0 Å². The fraction of sp³-hybridized carbons (Fsp3) is 0.500. The first kappa shape index (κ1) is 16.0. The topological polar surface area (TPSA) is 119 Å². The molecule has 0 aromatic carbocycles. The molecule has 0 spiro atoms. The normalized spacial score (nSPS) is 12.1. The van der Waals surface area contributed by atoms with Gasteiger partial charge >= 0.3 is 6.18 Å². The number of hydrogen-bond donors (Lipinski definition) is 4. The van der Waals surface area contributed by atoms with Crippen molar-refractivity contribution >= 4 is 17.7 Å². The predicted molar refractivity (Wildman–Crippen MR) is 66.4 cm³/mol. The van der Waals surface area contributed by atoms with E-state index in [1.54, 1.807) is 13.8 Å². The maximum atomic E-state index is 12.7. The van der Waals surface area contributed by atoms with Gasteiger partial charge in [-0.05, 0) is 13.8 Å². The molecule has 1 rings (SSSR count). The molecule has 0 aliphatic rings. The third-order valence-corrected chi connectivity index (χ3v) is 2.23. The Hall–Kier alpha value is -2.10. The number of nitrogens with one attached hydrogen (secondary N) is 2. The van der Waals surface area contributed by atoms with Crippen LogP contribution in [0.3, 0.4) is 0 Å². The number of anilines is 2. The number of hydrazine groups is 1. The number of halogens is 3. The molecule has 1 aromatic heterocycles. The van der Waals surface area contributed by atoms with Gasteiger partial charge in [-0.1, -0.05) is 0 Å². The van der Waals surface area contributed by atoms with Crippen molar-refractivity contribution in [2.75, 3.05) is 10.7 Å². The van der Waals surface area contributed by atoms with Gasteiger partial charge in [0.1, 0.15) is 5.82 Å². The van der Waals surface area contributed by atoms with E-state index in [0.717, 1.165) is 6.07 Å². The Kier molecular flexibility index (Phi) is 4.38. The second-order valence-corrected chi connectivity index (χ2v) is 4.76. The number of nitrogens with zero attached hydrogens (tertiary/aromatic N) is 2. The highest BCUT2D eigenvalue weighted by molar-refractivity contribution is 5.75. The molecule has 7 nitrogen and oxygen atoms in total. The maximum Gasteiger partial charge on any atom is 0.433 e. The maximum absolute atomic E-state index is 12.7. The van der Waals surface area contributed by atoms with Crippen LogP contribution in [0.25, 0.3) is 0 Å². The van der Waals surface area contributed by atoms with Gasteiger partial charge in [-0.2, -0.15) is 18.2 Å². The van der Waals surface area contributed by atoms with Crippen molar-refractivity contribution in [2.45, 2.75) is 32.0 Å². The zero-order valence-electron chi connectivity index (χ0n) is 10.9.